The van der Waals surface area contributed by atoms with Crippen LogP contribution in [0.4, 0.5) is 0 Å². The molecule has 0 aliphatic carbocycles. The highest BCUT2D eigenvalue weighted by atomic mass is 16.7. The Morgan fingerprint density at radius 2 is 1.30 bits per heavy atom. The first-order valence-electron chi connectivity index (χ1n) is 13.6. The second kappa shape index (κ2) is 15.2. The minimum Gasteiger partial charge on any atom is -0.504 e. The molecule has 43 heavy (non-hydrogen) atoms. The van der Waals surface area contributed by atoms with E-state index in [4.69, 9.17) is 23.7 Å². The molecule has 0 amide bonds. The Labute approximate surface area is 247 Å². The normalized spacial score (nSPS) is 20.5. The van der Waals surface area contributed by atoms with E-state index in [0.29, 0.717) is 17.5 Å². The molecule has 13 nitrogen and oxygen atoms in total. The number of phenols is 4. The third kappa shape index (κ3) is 10.1. The summed E-state index contributed by atoms with van der Waals surface area (Å²) in [7, 11) is 0. The molecule has 0 radical (unpaired) electrons. The van der Waals surface area contributed by atoms with Crippen LogP contribution in [-0.2, 0) is 55.7 Å². The van der Waals surface area contributed by atoms with Crippen LogP contribution < -0.4 is 0 Å². The van der Waals surface area contributed by atoms with Gasteiger partial charge in [-0.15, -0.1) is 0 Å². The zero-order valence-electron chi connectivity index (χ0n) is 24.1. The van der Waals surface area contributed by atoms with Gasteiger partial charge in [0.2, 0.25) is 0 Å². The van der Waals surface area contributed by atoms with Crippen LogP contribution in [-0.4, -0.2) is 81.4 Å². The van der Waals surface area contributed by atoms with Crippen LogP contribution in [0.25, 0.3) is 0 Å². The van der Waals surface area contributed by atoms with Gasteiger partial charge in [0.05, 0.1) is 12.7 Å². The molecule has 1 fully saturated rings. The summed E-state index contributed by atoms with van der Waals surface area (Å²) in [5, 5.41) is 38.8. The van der Waals surface area contributed by atoms with Gasteiger partial charge in [-0.2, -0.15) is 0 Å². The van der Waals surface area contributed by atoms with Crippen molar-refractivity contribution in [3.05, 3.63) is 47.5 Å². The number of phenolic OH excluding ortho intramolecular Hbond substituents is 4. The first-order chi connectivity index (χ1) is 20.3. The molecule has 3 rings (SSSR count). The summed E-state index contributed by atoms with van der Waals surface area (Å²) in [5.74, 6) is -3.52. The van der Waals surface area contributed by atoms with Crippen LogP contribution in [0.3, 0.4) is 0 Å². The molecule has 0 spiro atoms. The molecule has 0 bridgehead atoms. The Morgan fingerprint density at radius 3 is 1.84 bits per heavy atom. The van der Waals surface area contributed by atoms with E-state index >= 15 is 0 Å². The van der Waals surface area contributed by atoms with Crippen LogP contribution in [0.5, 0.6) is 23.0 Å². The molecule has 4 N–H and O–H groups in total. The molecule has 1 aliphatic heterocycles. The number of rotatable bonds is 13. The SMILES string of the molecule is CC(=O)O[C@@H]1[C@@H](OC(C)=O)[C@H](O[C@@H](CCc2ccc(O)c(O)c2)CC(=O)CCc2ccc(O)c(O)c2)OC[C@H]1OC(C)=O. The minimum atomic E-state index is -1.34. The zero-order chi connectivity index (χ0) is 31.7. The summed E-state index contributed by atoms with van der Waals surface area (Å²) >= 11 is 0. The minimum absolute atomic E-state index is 0.0770. The number of ether oxygens (including phenoxy) is 5. The first kappa shape index (κ1) is 33.1. The van der Waals surface area contributed by atoms with Gasteiger partial charge in [0.15, 0.2) is 47.6 Å². The van der Waals surface area contributed by atoms with Crippen LogP contribution in [0.2, 0.25) is 0 Å². The summed E-state index contributed by atoms with van der Waals surface area (Å²) < 4.78 is 27.9. The van der Waals surface area contributed by atoms with Crippen LogP contribution in [0.1, 0.15) is 51.2 Å². The topological polar surface area (TPSA) is 195 Å². The van der Waals surface area contributed by atoms with Crippen LogP contribution in [0, 0.1) is 0 Å². The zero-order valence-corrected chi connectivity index (χ0v) is 24.1. The molecule has 0 unspecified atom stereocenters. The molecule has 5 atom stereocenters. The fourth-order valence-electron chi connectivity index (χ4n) is 4.65. The van der Waals surface area contributed by atoms with E-state index in [1.165, 1.54) is 24.3 Å². The Bertz CT molecular complexity index is 1310. The largest absolute Gasteiger partial charge is 0.504 e. The Morgan fingerprint density at radius 1 is 0.767 bits per heavy atom. The molecular formula is C30H36O13. The Kier molecular flexibility index (Phi) is 11.7. The van der Waals surface area contributed by atoms with E-state index in [2.05, 4.69) is 0 Å². The fraction of sp³-hybridized carbons (Fsp3) is 0.467. The molecule has 2 aromatic carbocycles. The van der Waals surface area contributed by atoms with E-state index in [9.17, 15) is 39.6 Å². The number of carbonyl (C=O) groups is 4. The molecular weight excluding hydrogens is 568 g/mol. The van der Waals surface area contributed by atoms with Crippen molar-refractivity contribution < 1.29 is 63.3 Å². The van der Waals surface area contributed by atoms with Gasteiger partial charge in [-0.25, -0.2) is 0 Å². The quantitative estimate of drug-likeness (QED) is 0.148. The van der Waals surface area contributed by atoms with Crippen LogP contribution in [0.15, 0.2) is 36.4 Å². The average molecular weight is 605 g/mol. The lowest BCUT2D eigenvalue weighted by atomic mass is 9.99. The first-order valence-corrected chi connectivity index (χ1v) is 13.6. The van der Waals surface area contributed by atoms with Gasteiger partial charge in [0.25, 0.3) is 0 Å². The summed E-state index contributed by atoms with van der Waals surface area (Å²) in [4.78, 5) is 48.6. The molecule has 1 saturated heterocycles. The highest BCUT2D eigenvalue weighted by Crippen LogP contribution is 2.30. The Balaban J connectivity index is 1.80. The number of ketones is 1. The van der Waals surface area contributed by atoms with E-state index in [1.807, 2.05) is 0 Å². The standard InChI is InChI=1S/C30H36O13/c1-16(31)40-27-15-39-30(29(42-18(3)33)28(27)41-17(2)32)43-22(9-5-20-7-11-24(36)26(38)13-20)14-21(34)8-4-19-6-10-23(35)25(37)12-19/h6-7,10-13,22,27-30,35-38H,4-5,8-9,14-15H2,1-3H3/t22-,27+,28-,29+,30-/m0/s1. The van der Waals surface area contributed by atoms with Crippen molar-refractivity contribution in [2.24, 2.45) is 0 Å². The van der Waals surface area contributed by atoms with E-state index in [1.54, 1.807) is 12.1 Å². The lowest BCUT2D eigenvalue weighted by Gasteiger charge is -2.41. The van der Waals surface area contributed by atoms with Crippen molar-refractivity contribution >= 4 is 23.7 Å². The average Bonchev–Trinajstić information content (AvgIpc) is 2.92. The highest BCUT2D eigenvalue weighted by Gasteiger charge is 2.48. The summed E-state index contributed by atoms with van der Waals surface area (Å²) in [6.07, 6.45) is -5.01. The van der Waals surface area contributed by atoms with Gasteiger partial charge in [-0.1, -0.05) is 12.1 Å². The van der Waals surface area contributed by atoms with E-state index in [-0.39, 0.29) is 61.1 Å². The predicted molar refractivity (Wildman–Crippen MR) is 147 cm³/mol. The maximum atomic E-state index is 13.1. The second-order valence-corrected chi connectivity index (χ2v) is 10.2. The fourth-order valence-corrected chi connectivity index (χ4v) is 4.65. The monoisotopic (exact) mass is 604 g/mol. The Hall–Kier alpha value is -4.36. The lowest BCUT2D eigenvalue weighted by molar-refractivity contribution is -0.291. The molecule has 2 aromatic rings. The number of esters is 3. The number of hydrogen-bond donors (Lipinski definition) is 4. The van der Waals surface area contributed by atoms with Gasteiger partial charge in [0, 0.05) is 33.6 Å². The lowest BCUT2D eigenvalue weighted by Crippen LogP contribution is -2.58. The highest BCUT2D eigenvalue weighted by molar-refractivity contribution is 5.79. The molecule has 0 saturated carbocycles. The maximum Gasteiger partial charge on any atom is 0.303 e. The van der Waals surface area contributed by atoms with Crippen molar-refractivity contribution in [3.8, 4) is 23.0 Å². The third-order valence-corrected chi connectivity index (χ3v) is 6.61. The van der Waals surface area contributed by atoms with Gasteiger partial charge in [-0.3, -0.25) is 19.2 Å². The van der Waals surface area contributed by atoms with E-state index < -0.39 is 48.6 Å². The number of hydrogen-bond acceptors (Lipinski definition) is 13. The van der Waals surface area contributed by atoms with E-state index in [0.717, 1.165) is 20.8 Å². The summed E-state index contributed by atoms with van der Waals surface area (Å²) in [6.45, 7) is 3.19. The summed E-state index contributed by atoms with van der Waals surface area (Å²) in [6, 6.07) is 8.59. The molecule has 234 valence electrons. The molecule has 1 aliphatic rings. The number of aromatic hydroxyl groups is 4. The predicted octanol–water partition coefficient (Wildman–Crippen LogP) is 2.57. The third-order valence-electron chi connectivity index (χ3n) is 6.61. The number of Topliss-reactive ketones (excluding diaryl/α,β-unsaturated/α-hetero) is 1. The van der Waals surface area contributed by atoms with Crippen molar-refractivity contribution in [1.29, 1.82) is 0 Å². The van der Waals surface area contributed by atoms with Crippen molar-refractivity contribution in [2.45, 2.75) is 83.6 Å². The number of benzene rings is 2. The van der Waals surface area contributed by atoms with Gasteiger partial charge >= 0.3 is 17.9 Å². The summed E-state index contributed by atoms with van der Waals surface area (Å²) in [5.41, 5.74) is 1.27. The molecule has 13 heteroatoms. The molecule has 0 aromatic heterocycles. The number of carbonyl (C=O) groups excluding carboxylic acids is 4. The second-order valence-electron chi connectivity index (χ2n) is 10.2. The van der Waals surface area contributed by atoms with Crippen molar-refractivity contribution in [3.63, 3.8) is 0 Å². The van der Waals surface area contributed by atoms with Gasteiger partial charge in [-0.05, 0) is 54.7 Å². The molecule has 1 heterocycles. The maximum absolute atomic E-state index is 13.1. The van der Waals surface area contributed by atoms with Crippen LogP contribution >= 0.6 is 0 Å². The van der Waals surface area contributed by atoms with Crippen molar-refractivity contribution in [1.82, 2.24) is 0 Å². The van der Waals surface area contributed by atoms with Crippen molar-refractivity contribution in [2.75, 3.05) is 6.61 Å². The van der Waals surface area contributed by atoms with Gasteiger partial charge in [0.1, 0.15) is 5.78 Å². The number of aryl methyl sites for hydroxylation is 2. The van der Waals surface area contributed by atoms with Gasteiger partial charge < -0.3 is 44.1 Å². The smallest absolute Gasteiger partial charge is 0.303 e.